The monoisotopic (exact) mass is 455 g/mol. The first-order valence-corrected chi connectivity index (χ1v) is 9.14. The van der Waals surface area contributed by atoms with Crippen molar-refractivity contribution >= 4 is 65.0 Å². The maximum Gasteiger partial charge on any atom is 0.345 e. The molecule has 0 saturated heterocycles. The van der Waals surface area contributed by atoms with Gasteiger partial charge in [0, 0.05) is 4.88 Å². The molecule has 2 heterocycles. The molecule has 2 aromatic heterocycles. The number of sulfonamides is 1. The summed E-state index contributed by atoms with van der Waals surface area (Å²) in [5.74, 6) is -1.16. The smallest absolute Gasteiger partial charge is 0.345 e. The summed E-state index contributed by atoms with van der Waals surface area (Å²) >= 11 is 7.10. The van der Waals surface area contributed by atoms with Crippen LogP contribution in [0.5, 0.6) is 0 Å². The molecule has 112 valence electrons. The quantitative estimate of drug-likeness (QED) is 0.731. The first kappa shape index (κ1) is 16.3. The average Bonchev–Trinajstić information content (AvgIpc) is 2.76. The summed E-state index contributed by atoms with van der Waals surface area (Å²) < 4.78 is 27.5. The Labute approximate surface area is 140 Å². The number of anilines is 1. The minimum absolute atomic E-state index is 0.0145. The highest BCUT2D eigenvalue weighted by molar-refractivity contribution is 9.11. The number of halogens is 2. The van der Waals surface area contributed by atoms with Crippen LogP contribution in [0, 0.1) is 6.92 Å². The molecule has 0 aliphatic rings. The second-order valence-corrected chi connectivity index (χ2v) is 8.24. The number of hydrogen-bond donors (Lipinski definition) is 2. The van der Waals surface area contributed by atoms with Crippen molar-refractivity contribution in [1.29, 1.82) is 0 Å². The molecule has 7 nitrogen and oxygen atoms in total. The van der Waals surface area contributed by atoms with E-state index >= 15 is 0 Å². The lowest BCUT2D eigenvalue weighted by molar-refractivity contribution is 0.0702. The Morgan fingerprint density at radius 2 is 2.10 bits per heavy atom. The molecule has 0 atom stereocenters. The van der Waals surface area contributed by atoms with Crippen molar-refractivity contribution in [2.24, 2.45) is 0 Å². The summed E-state index contributed by atoms with van der Waals surface area (Å²) in [7, 11) is -3.94. The molecular weight excluding hydrogens is 450 g/mol. The van der Waals surface area contributed by atoms with E-state index < -0.39 is 16.0 Å². The first-order valence-electron chi connectivity index (χ1n) is 5.25. The number of rotatable bonds is 4. The second-order valence-electron chi connectivity index (χ2n) is 3.77. The predicted octanol–water partition coefficient (Wildman–Crippen LogP) is 2.87. The Morgan fingerprint density at radius 1 is 1.43 bits per heavy atom. The fourth-order valence-corrected chi connectivity index (χ4v) is 4.92. The predicted molar refractivity (Wildman–Crippen MR) is 84.3 cm³/mol. The Morgan fingerprint density at radius 3 is 2.62 bits per heavy atom. The number of nitrogens with zero attached hydrogens (tertiary/aromatic N) is 2. The van der Waals surface area contributed by atoms with Gasteiger partial charge in [-0.15, -0.1) is 11.3 Å². The SMILES string of the molecule is Cc1sc(C(=O)O)cc1S(=O)(=O)Nc1ncc(Br)nc1Br. The van der Waals surface area contributed by atoms with E-state index in [1.807, 2.05) is 0 Å². The third kappa shape index (κ3) is 3.59. The van der Waals surface area contributed by atoms with Gasteiger partial charge in [0.05, 0.1) is 6.20 Å². The Balaban J connectivity index is 2.41. The molecular formula is C10H7Br2N3O4S2. The number of carboxylic acid groups (broad SMARTS) is 1. The Kier molecular flexibility index (Phi) is 4.66. The summed E-state index contributed by atoms with van der Waals surface area (Å²) in [6.07, 6.45) is 1.34. The molecule has 2 rings (SSSR count). The van der Waals surface area contributed by atoms with Gasteiger partial charge in [-0.25, -0.2) is 23.2 Å². The lowest BCUT2D eigenvalue weighted by Crippen LogP contribution is -2.15. The van der Waals surface area contributed by atoms with Crippen molar-refractivity contribution < 1.29 is 18.3 Å². The summed E-state index contributed by atoms with van der Waals surface area (Å²) in [5, 5.41) is 8.91. The molecule has 0 radical (unpaired) electrons. The van der Waals surface area contributed by atoms with Crippen molar-refractivity contribution in [2.75, 3.05) is 4.72 Å². The molecule has 0 aliphatic heterocycles. The topological polar surface area (TPSA) is 109 Å². The molecule has 0 unspecified atom stereocenters. The van der Waals surface area contributed by atoms with Crippen LogP contribution < -0.4 is 4.72 Å². The minimum atomic E-state index is -3.94. The van der Waals surface area contributed by atoms with Crippen molar-refractivity contribution in [1.82, 2.24) is 9.97 Å². The van der Waals surface area contributed by atoms with E-state index in [0.29, 0.717) is 9.48 Å². The van der Waals surface area contributed by atoms with E-state index in [1.54, 1.807) is 0 Å². The highest BCUT2D eigenvalue weighted by Gasteiger charge is 2.23. The van der Waals surface area contributed by atoms with Gasteiger partial charge in [0.15, 0.2) is 10.4 Å². The summed E-state index contributed by atoms with van der Waals surface area (Å²) in [6, 6.07) is 1.12. The number of carbonyl (C=O) groups is 1. The van der Waals surface area contributed by atoms with E-state index in [1.165, 1.54) is 13.1 Å². The Bertz CT molecular complexity index is 820. The number of nitrogens with one attached hydrogen (secondary N) is 1. The number of thiophene rings is 1. The van der Waals surface area contributed by atoms with E-state index in [9.17, 15) is 13.2 Å². The molecule has 0 aromatic carbocycles. The first-order chi connectivity index (χ1) is 9.70. The standard InChI is InChI=1S/C10H7Br2N3O4S2/c1-4-6(2-5(20-4)10(16)17)21(18,19)15-9-8(12)14-7(11)3-13-9/h2-3H,1H3,(H,13,15)(H,16,17). The lowest BCUT2D eigenvalue weighted by Gasteiger charge is -2.07. The summed E-state index contributed by atoms with van der Waals surface area (Å²) in [5.41, 5.74) is 0. The van der Waals surface area contributed by atoms with Crippen LogP contribution in [0.2, 0.25) is 0 Å². The van der Waals surface area contributed by atoms with Crippen LogP contribution in [0.3, 0.4) is 0 Å². The van der Waals surface area contributed by atoms with Gasteiger partial charge in [-0.3, -0.25) is 4.72 Å². The molecule has 0 fully saturated rings. The summed E-state index contributed by atoms with van der Waals surface area (Å²) in [4.78, 5) is 19.0. The molecule has 2 N–H and O–H groups in total. The van der Waals surface area contributed by atoms with Crippen LogP contribution in [0.15, 0.2) is 26.4 Å². The van der Waals surface area contributed by atoms with Gasteiger partial charge >= 0.3 is 5.97 Å². The van der Waals surface area contributed by atoms with Gasteiger partial charge < -0.3 is 5.11 Å². The van der Waals surface area contributed by atoms with Crippen molar-refractivity contribution in [2.45, 2.75) is 11.8 Å². The number of aromatic nitrogens is 2. The highest BCUT2D eigenvalue weighted by atomic mass is 79.9. The van der Waals surface area contributed by atoms with E-state index in [0.717, 1.165) is 17.4 Å². The molecule has 2 aromatic rings. The lowest BCUT2D eigenvalue weighted by atomic mass is 10.4. The molecule has 0 amide bonds. The second kappa shape index (κ2) is 5.99. The van der Waals surface area contributed by atoms with Crippen molar-refractivity contribution in [3.05, 3.63) is 31.2 Å². The third-order valence-corrected chi connectivity index (χ3v) is 5.87. The van der Waals surface area contributed by atoms with Crippen LogP contribution in [-0.2, 0) is 10.0 Å². The molecule has 11 heteroatoms. The zero-order valence-corrected chi connectivity index (χ0v) is 15.1. The van der Waals surface area contributed by atoms with Gasteiger partial charge in [-0.1, -0.05) is 0 Å². The summed E-state index contributed by atoms with van der Waals surface area (Å²) in [6.45, 7) is 1.54. The number of hydrogen-bond acceptors (Lipinski definition) is 6. The van der Waals surface area contributed by atoms with Crippen LogP contribution in [0.4, 0.5) is 5.82 Å². The van der Waals surface area contributed by atoms with Crippen LogP contribution >= 0.6 is 43.2 Å². The highest BCUT2D eigenvalue weighted by Crippen LogP contribution is 2.28. The van der Waals surface area contributed by atoms with E-state index in [4.69, 9.17) is 5.11 Å². The molecule has 21 heavy (non-hydrogen) atoms. The van der Waals surface area contributed by atoms with Crippen LogP contribution in [0.25, 0.3) is 0 Å². The van der Waals surface area contributed by atoms with Gasteiger partial charge in [-0.2, -0.15) is 0 Å². The van der Waals surface area contributed by atoms with Gasteiger partial charge in [0.2, 0.25) is 0 Å². The fourth-order valence-electron chi connectivity index (χ4n) is 1.43. The normalized spacial score (nSPS) is 11.4. The molecule has 0 bridgehead atoms. The zero-order chi connectivity index (χ0) is 15.8. The number of aromatic carboxylic acids is 1. The molecule has 0 aliphatic carbocycles. The van der Waals surface area contributed by atoms with E-state index in [-0.39, 0.29) is 20.2 Å². The molecule has 0 saturated carbocycles. The number of carboxylic acids is 1. The third-order valence-electron chi connectivity index (χ3n) is 2.30. The minimum Gasteiger partial charge on any atom is -0.477 e. The van der Waals surface area contributed by atoms with Gasteiger partial charge in [0.1, 0.15) is 14.4 Å². The van der Waals surface area contributed by atoms with Crippen molar-refractivity contribution in [3.8, 4) is 0 Å². The largest absolute Gasteiger partial charge is 0.477 e. The van der Waals surface area contributed by atoms with Crippen LogP contribution in [0.1, 0.15) is 14.5 Å². The van der Waals surface area contributed by atoms with Crippen molar-refractivity contribution in [3.63, 3.8) is 0 Å². The van der Waals surface area contributed by atoms with E-state index in [2.05, 4.69) is 46.5 Å². The Hall–Kier alpha value is -1.04. The molecule has 0 spiro atoms. The average molecular weight is 457 g/mol. The maximum atomic E-state index is 12.3. The van der Waals surface area contributed by atoms with Crippen LogP contribution in [-0.4, -0.2) is 29.5 Å². The maximum absolute atomic E-state index is 12.3. The number of aryl methyl sites for hydroxylation is 1. The fraction of sp³-hybridized carbons (Fsp3) is 0.100. The van der Waals surface area contributed by atoms with Gasteiger partial charge in [-0.05, 0) is 44.8 Å². The zero-order valence-electron chi connectivity index (χ0n) is 10.3. The van der Waals surface area contributed by atoms with Gasteiger partial charge in [0.25, 0.3) is 10.0 Å².